The summed E-state index contributed by atoms with van der Waals surface area (Å²) in [6, 6.07) is 15.5. The summed E-state index contributed by atoms with van der Waals surface area (Å²) in [7, 11) is 0. The van der Waals surface area contributed by atoms with Crippen molar-refractivity contribution in [3.8, 4) is 5.75 Å². The Morgan fingerprint density at radius 2 is 1.77 bits per heavy atom. The molecule has 0 radical (unpaired) electrons. The van der Waals surface area contributed by atoms with Gasteiger partial charge in [-0.15, -0.1) is 0 Å². The lowest BCUT2D eigenvalue weighted by Crippen LogP contribution is -2.17. The Balaban J connectivity index is 2.02. The topological polar surface area (TPSA) is 78.8 Å². The van der Waals surface area contributed by atoms with Crippen LogP contribution in [0.3, 0.4) is 0 Å². The molecule has 2 aromatic rings. The third-order valence-corrected chi connectivity index (χ3v) is 3.16. The molecular weight excluding hydrogens is 282 g/mol. The number of hydrogen-bond acceptors (Lipinski definition) is 4. The summed E-state index contributed by atoms with van der Waals surface area (Å²) >= 11 is 0. The zero-order chi connectivity index (χ0) is 15.8. The number of carbonyl (C=O) groups excluding carboxylic acids is 1. The molecule has 2 aromatic carbocycles. The highest BCUT2D eigenvalue weighted by molar-refractivity contribution is 5.84. The number of carbonyl (C=O) groups is 1. The summed E-state index contributed by atoms with van der Waals surface area (Å²) in [4.78, 5) is 12.0. The van der Waals surface area contributed by atoms with Crippen molar-refractivity contribution < 1.29 is 19.7 Å². The summed E-state index contributed by atoms with van der Waals surface area (Å²) < 4.78 is 5.44. The Morgan fingerprint density at radius 1 is 1.09 bits per heavy atom. The van der Waals surface area contributed by atoms with Crippen LogP contribution in [0, 0.1) is 0 Å². The van der Waals surface area contributed by atoms with E-state index in [4.69, 9.17) is 9.84 Å². The first-order chi connectivity index (χ1) is 10.7. The minimum Gasteiger partial charge on any atom is -0.508 e. The quantitative estimate of drug-likeness (QED) is 0.763. The number of anilines is 1. The van der Waals surface area contributed by atoms with Crippen molar-refractivity contribution in [2.75, 3.05) is 11.9 Å². The number of aliphatic hydroxyl groups is 1. The molecular formula is C17H19NO4. The van der Waals surface area contributed by atoms with Crippen LogP contribution >= 0.6 is 0 Å². The maximum atomic E-state index is 12.0. The van der Waals surface area contributed by atoms with Gasteiger partial charge in [-0.3, -0.25) is 5.32 Å². The van der Waals surface area contributed by atoms with Gasteiger partial charge in [-0.1, -0.05) is 30.3 Å². The molecule has 116 valence electrons. The van der Waals surface area contributed by atoms with Gasteiger partial charge in [0, 0.05) is 12.3 Å². The summed E-state index contributed by atoms with van der Waals surface area (Å²) in [5.41, 5.74) is 1.42. The molecule has 0 aliphatic carbocycles. The van der Waals surface area contributed by atoms with Gasteiger partial charge >= 0.3 is 6.09 Å². The first-order valence-corrected chi connectivity index (χ1v) is 7.11. The molecule has 22 heavy (non-hydrogen) atoms. The van der Waals surface area contributed by atoms with Crippen LogP contribution < -0.4 is 5.32 Å². The predicted molar refractivity (Wildman–Crippen MR) is 83.7 cm³/mol. The molecule has 0 unspecified atom stereocenters. The number of amides is 1. The Kier molecular flexibility index (Phi) is 5.80. The highest BCUT2D eigenvalue weighted by Gasteiger charge is 2.16. The van der Waals surface area contributed by atoms with Gasteiger partial charge in [0.05, 0.1) is 0 Å². The Bertz CT molecular complexity index is 583. The van der Waals surface area contributed by atoms with Gasteiger partial charge in [-0.25, -0.2) is 4.79 Å². The molecule has 0 saturated heterocycles. The Morgan fingerprint density at radius 3 is 2.41 bits per heavy atom. The van der Waals surface area contributed by atoms with Crippen molar-refractivity contribution in [3.05, 3.63) is 60.2 Å². The zero-order valence-electron chi connectivity index (χ0n) is 12.1. The fourth-order valence-electron chi connectivity index (χ4n) is 2.06. The van der Waals surface area contributed by atoms with Crippen LogP contribution in [0.1, 0.15) is 24.5 Å². The van der Waals surface area contributed by atoms with E-state index in [0.29, 0.717) is 18.5 Å². The van der Waals surface area contributed by atoms with E-state index in [-0.39, 0.29) is 12.4 Å². The van der Waals surface area contributed by atoms with E-state index in [2.05, 4.69) is 5.32 Å². The molecule has 1 amide bonds. The monoisotopic (exact) mass is 301 g/mol. The van der Waals surface area contributed by atoms with E-state index in [1.165, 1.54) is 0 Å². The predicted octanol–water partition coefficient (Wildman–Crippen LogP) is 3.45. The number of rotatable bonds is 6. The maximum absolute atomic E-state index is 12.0. The zero-order valence-corrected chi connectivity index (χ0v) is 12.1. The van der Waals surface area contributed by atoms with E-state index in [1.807, 2.05) is 18.2 Å². The minimum absolute atomic E-state index is 0.0260. The molecule has 0 saturated carbocycles. The number of aromatic hydroxyl groups is 1. The molecule has 0 fully saturated rings. The van der Waals surface area contributed by atoms with E-state index >= 15 is 0 Å². The van der Waals surface area contributed by atoms with E-state index in [0.717, 1.165) is 5.56 Å². The molecule has 0 bridgehead atoms. The molecule has 1 atom stereocenters. The van der Waals surface area contributed by atoms with Gasteiger partial charge < -0.3 is 14.9 Å². The standard InChI is InChI=1S/C17H19NO4/c19-12-4-7-16(13-8-10-15(20)11-9-13)22-17(21)18-14-5-2-1-3-6-14/h1-3,5-6,8-11,16,19-20H,4,7,12H2,(H,18,21)/t16-/m0/s1. The highest BCUT2D eigenvalue weighted by Crippen LogP contribution is 2.25. The molecule has 2 rings (SSSR count). The SMILES string of the molecule is O=C(Nc1ccccc1)O[C@@H](CCCO)c1ccc(O)cc1. The first kappa shape index (κ1) is 15.9. The molecule has 5 heteroatoms. The van der Waals surface area contributed by atoms with Crippen LogP contribution in [0.15, 0.2) is 54.6 Å². The lowest BCUT2D eigenvalue weighted by atomic mass is 10.0. The Labute approximate surface area is 129 Å². The minimum atomic E-state index is -0.554. The van der Waals surface area contributed by atoms with E-state index in [9.17, 15) is 9.90 Å². The first-order valence-electron chi connectivity index (χ1n) is 7.11. The maximum Gasteiger partial charge on any atom is 0.412 e. The largest absolute Gasteiger partial charge is 0.508 e. The lowest BCUT2D eigenvalue weighted by Gasteiger charge is -2.18. The van der Waals surface area contributed by atoms with Crippen molar-refractivity contribution >= 4 is 11.8 Å². The van der Waals surface area contributed by atoms with Crippen LogP contribution in [-0.2, 0) is 4.74 Å². The summed E-state index contributed by atoms with van der Waals surface area (Å²) in [5.74, 6) is 0.151. The number of phenols is 1. The normalized spacial score (nSPS) is 11.7. The van der Waals surface area contributed by atoms with Crippen LogP contribution in [0.25, 0.3) is 0 Å². The highest BCUT2D eigenvalue weighted by atomic mass is 16.6. The smallest absolute Gasteiger partial charge is 0.412 e. The second-order valence-corrected chi connectivity index (χ2v) is 4.84. The number of benzene rings is 2. The lowest BCUT2D eigenvalue weighted by molar-refractivity contribution is 0.0995. The number of hydrogen-bond donors (Lipinski definition) is 3. The van der Waals surface area contributed by atoms with Crippen molar-refractivity contribution in [3.63, 3.8) is 0 Å². The molecule has 0 aliphatic heterocycles. The molecule has 0 aliphatic rings. The van der Waals surface area contributed by atoms with Crippen molar-refractivity contribution in [1.29, 1.82) is 0 Å². The number of phenolic OH excluding ortho intramolecular Hbond substituents is 1. The van der Waals surface area contributed by atoms with Crippen LogP contribution in [0.4, 0.5) is 10.5 Å². The third kappa shape index (κ3) is 4.79. The summed E-state index contributed by atoms with van der Waals surface area (Å²) in [6.07, 6.45) is -0.00753. The van der Waals surface area contributed by atoms with Gasteiger partial charge in [-0.05, 0) is 42.7 Å². The van der Waals surface area contributed by atoms with Gasteiger partial charge in [0.1, 0.15) is 11.9 Å². The number of nitrogens with one attached hydrogen (secondary N) is 1. The van der Waals surface area contributed by atoms with Gasteiger partial charge in [0.15, 0.2) is 0 Å². The van der Waals surface area contributed by atoms with E-state index in [1.54, 1.807) is 36.4 Å². The second-order valence-electron chi connectivity index (χ2n) is 4.84. The molecule has 0 heterocycles. The molecule has 3 N–H and O–H groups in total. The summed E-state index contributed by atoms with van der Waals surface area (Å²) in [5, 5.41) is 21.0. The van der Waals surface area contributed by atoms with Crippen molar-refractivity contribution in [2.45, 2.75) is 18.9 Å². The average molecular weight is 301 g/mol. The fraction of sp³-hybridized carbons (Fsp3) is 0.235. The van der Waals surface area contributed by atoms with Crippen LogP contribution in [0.5, 0.6) is 5.75 Å². The average Bonchev–Trinajstić information content (AvgIpc) is 2.53. The Hall–Kier alpha value is -2.53. The third-order valence-electron chi connectivity index (χ3n) is 3.16. The molecule has 0 aromatic heterocycles. The summed E-state index contributed by atoms with van der Waals surface area (Å²) in [6.45, 7) is 0.0260. The van der Waals surface area contributed by atoms with Crippen molar-refractivity contribution in [1.82, 2.24) is 0 Å². The number of aliphatic hydroxyl groups excluding tert-OH is 1. The van der Waals surface area contributed by atoms with E-state index < -0.39 is 12.2 Å². The number of ether oxygens (including phenoxy) is 1. The second kappa shape index (κ2) is 8.05. The molecule has 5 nitrogen and oxygen atoms in total. The van der Waals surface area contributed by atoms with Gasteiger partial charge in [0.25, 0.3) is 0 Å². The van der Waals surface area contributed by atoms with Crippen molar-refractivity contribution in [2.24, 2.45) is 0 Å². The fourth-order valence-corrected chi connectivity index (χ4v) is 2.06. The number of para-hydroxylation sites is 1. The van der Waals surface area contributed by atoms with Gasteiger partial charge in [0.2, 0.25) is 0 Å². The van der Waals surface area contributed by atoms with Crippen LogP contribution in [-0.4, -0.2) is 22.9 Å². The van der Waals surface area contributed by atoms with Gasteiger partial charge in [-0.2, -0.15) is 0 Å². The molecule has 0 spiro atoms. The van der Waals surface area contributed by atoms with Crippen LogP contribution in [0.2, 0.25) is 0 Å².